The van der Waals surface area contributed by atoms with E-state index in [1.54, 1.807) is 6.07 Å². The Morgan fingerprint density at radius 3 is 2.42 bits per heavy atom. The van der Waals surface area contributed by atoms with Gasteiger partial charge in [0.25, 0.3) is 0 Å². The van der Waals surface area contributed by atoms with Crippen LogP contribution < -0.4 is 10.6 Å². The largest absolute Gasteiger partial charge is 0.370 e. The summed E-state index contributed by atoms with van der Waals surface area (Å²) in [5, 5.41) is 0. The fourth-order valence-electron chi connectivity index (χ4n) is 2.20. The fourth-order valence-corrected chi connectivity index (χ4v) is 2.20. The van der Waals surface area contributed by atoms with Crippen molar-refractivity contribution >= 4 is 5.69 Å². The van der Waals surface area contributed by atoms with Gasteiger partial charge in [0.1, 0.15) is 5.82 Å². The van der Waals surface area contributed by atoms with E-state index in [0.717, 1.165) is 31.7 Å². The Kier molecular flexibility index (Phi) is 6.25. The summed E-state index contributed by atoms with van der Waals surface area (Å²) in [4.78, 5) is 4.36. The molecule has 0 amide bonds. The number of benzene rings is 1. The second kappa shape index (κ2) is 7.46. The van der Waals surface area contributed by atoms with Crippen molar-refractivity contribution in [2.75, 3.05) is 38.6 Å². The van der Waals surface area contributed by atoms with Crippen molar-refractivity contribution in [3.05, 3.63) is 29.6 Å². The number of hydrogen-bond acceptors (Lipinski definition) is 3. The molecule has 4 heteroatoms. The summed E-state index contributed by atoms with van der Waals surface area (Å²) in [5.74, 6) is -0.210. The Labute approximate surface area is 116 Å². The quantitative estimate of drug-likeness (QED) is 0.824. The Balaban J connectivity index is 3.04. The lowest BCUT2D eigenvalue weighted by molar-refractivity contribution is 0.412. The van der Waals surface area contributed by atoms with Gasteiger partial charge in [-0.05, 0) is 39.6 Å². The molecule has 0 unspecified atom stereocenters. The summed E-state index contributed by atoms with van der Waals surface area (Å²) in [6, 6.07) is 4.91. The number of halogens is 1. The van der Waals surface area contributed by atoms with E-state index in [4.69, 9.17) is 5.73 Å². The lowest BCUT2D eigenvalue weighted by Crippen LogP contribution is -2.33. The van der Waals surface area contributed by atoms with E-state index in [1.165, 1.54) is 6.07 Å². The minimum atomic E-state index is -0.296. The van der Waals surface area contributed by atoms with Crippen LogP contribution in [0.4, 0.5) is 10.1 Å². The SMILES string of the molecule is CCCN(CCN(C)C)c1cccc(F)c1[C@H](C)N. The van der Waals surface area contributed by atoms with Gasteiger partial charge in [-0.2, -0.15) is 0 Å². The summed E-state index contributed by atoms with van der Waals surface area (Å²) >= 11 is 0. The molecule has 1 rings (SSSR count). The highest BCUT2D eigenvalue weighted by molar-refractivity contribution is 5.55. The second-order valence-corrected chi connectivity index (χ2v) is 5.25. The van der Waals surface area contributed by atoms with Gasteiger partial charge in [-0.15, -0.1) is 0 Å². The van der Waals surface area contributed by atoms with Crippen molar-refractivity contribution in [3.8, 4) is 0 Å². The predicted octanol–water partition coefficient (Wildman–Crippen LogP) is 2.62. The topological polar surface area (TPSA) is 32.5 Å². The first kappa shape index (κ1) is 15.9. The highest BCUT2D eigenvalue weighted by atomic mass is 19.1. The van der Waals surface area contributed by atoms with Crippen LogP contribution in [0.25, 0.3) is 0 Å². The molecule has 0 heterocycles. The highest BCUT2D eigenvalue weighted by Gasteiger charge is 2.17. The van der Waals surface area contributed by atoms with Crippen molar-refractivity contribution in [2.24, 2.45) is 5.73 Å². The molecule has 1 atom stereocenters. The molecule has 0 aliphatic rings. The maximum atomic E-state index is 14.0. The smallest absolute Gasteiger partial charge is 0.130 e. The van der Waals surface area contributed by atoms with Crippen LogP contribution in [0.2, 0.25) is 0 Å². The number of anilines is 1. The summed E-state index contributed by atoms with van der Waals surface area (Å²) in [5.41, 5.74) is 7.48. The van der Waals surface area contributed by atoms with Gasteiger partial charge in [-0.3, -0.25) is 0 Å². The van der Waals surface area contributed by atoms with Gasteiger partial charge in [0.2, 0.25) is 0 Å². The third-order valence-electron chi connectivity index (χ3n) is 3.14. The molecule has 19 heavy (non-hydrogen) atoms. The van der Waals surface area contributed by atoms with Crippen LogP contribution in [-0.2, 0) is 0 Å². The van der Waals surface area contributed by atoms with Crippen molar-refractivity contribution in [1.29, 1.82) is 0 Å². The molecule has 1 aromatic rings. The summed E-state index contributed by atoms with van der Waals surface area (Å²) < 4.78 is 14.0. The van der Waals surface area contributed by atoms with E-state index in [9.17, 15) is 4.39 Å². The Bertz CT molecular complexity index is 391. The molecular formula is C15H26FN3. The van der Waals surface area contributed by atoms with Gasteiger partial charge in [0.15, 0.2) is 0 Å². The molecule has 1 aromatic carbocycles. The molecule has 0 spiro atoms. The Morgan fingerprint density at radius 1 is 1.21 bits per heavy atom. The third kappa shape index (κ3) is 4.48. The lowest BCUT2D eigenvalue weighted by atomic mass is 10.0. The van der Waals surface area contributed by atoms with Crippen LogP contribution in [0.1, 0.15) is 31.9 Å². The van der Waals surface area contributed by atoms with Crippen LogP contribution in [0.15, 0.2) is 18.2 Å². The minimum Gasteiger partial charge on any atom is -0.370 e. The molecule has 0 aromatic heterocycles. The van der Waals surface area contributed by atoms with Gasteiger partial charge < -0.3 is 15.5 Å². The molecule has 0 bridgehead atoms. The van der Waals surface area contributed by atoms with E-state index < -0.39 is 0 Å². The lowest BCUT2D eigenvalue weighted by Gasteiger charge is -2.29. The molecule has 0 saturated carbocycles. The van der Waals surface area contributed by atoms with Gasteiger partial charge in [-0.25, -0.2) is 4.39 Å². The van der Waals surface area contributed by atoms with Crippen LogP contribution in [0.3, 0.4) is 0 Å². The first-order valence-corrected chi connectivity index (χ1v) is 6.91. The van der Waals surface area contributed by atoms with Gasteiger partial charge >= 0.3 is 0 Å². The maximum absolute atomic E-state index is 14.0. The summed E-state index contributed by atoms with van der Waals surface area (Å²) in [6.45, 7) is 6.70. The van der Waals surface area contributed by atoms with E-state index in [0.29, 0.717) is 5.56 Å². The van der Waals surface area contributed by atoms with E-state index in [1.807, 2.05) is 27.1 Å². The van der Waals surface area contributed by atoms with Crippen molar-refractivity contribution in [2.45, 2.75) is 26.3 Å². The number of hydrogen-bond donors (Lipinski definition) is 1. The van der Waals surface area contributed by atoms with Crippen LogP contribution >= 0.6 is 0 Å². The maximum Gasteiger partial charge on any atom is 0.130 e. The van der Waals surface area contributed by atoms with Gasteiger partial charge in [0, 0.05) is 36.9 Å². The second-order valence-electron chi connectivity index (χ2n) is 5.25. The molecule has 3 nitrogen and oxygen atoms in total. The standard InChI is InChI=1S/C15H26FN3/c1-5-9-19(11-10-18(3)4)14-8-6-7-13(16)15(14)12(2)17/h6-8,12H,5,9-11,17H2,1-4H3/t12-/m0/s1. The van der Waals surface area contributed by atoms with Gasteiger partial charge in [0.05, 0.1) is 0 Å². The Morgan fingerprint density at radius 2 is 1.89 bits per heavy atom. The zero-order valence-corrected chi connectivity index (χ0v) is 12.5. The van der Waals surface area contributed by atoms with E-state index in [2.05, 4.69) is 16.7 Å². The number of nitrogens with zero attached hydrogens (tertiary/aromatic N) is 2. The van der Waals surface area contributed by atoms with Crippen LogP contribution in [-0.4, -0.2) is 38.6 Å². The number of likely N-dealkylation sites (N-methyl/N-ethyl adjacent to an activating group) is 1. The minimum absolute atomic E-state index is 0.210. The fraction of sp³-hybridized carbons (Fsp3) is 0.600. The molecule has 0 fully saturated rings. The van der Waals surface area contributed by atoms with E-state index in [-0.39, 0.29) is 11.9 Å². The molecule has 2 N–H and O–H groups in total. The van der Waals surface area contributed by atoms with Crippen molar-refractivity contribution in [3.63, 3.8) is 0 Å². The van der Waals surface area contributed by atoms with Crippen LogP contribution in [0, 0.1) is 5.82 Å². The zero-order valence-electron chi connectivity index (χ0n) is 12.5. The molecule has 0 saturated heterocycles. The van der Waals surface area contributed by atoms with Gasteiger partial charge in [-0.1, -0.05) is 13.0 Å². The average molecular weight is 267 g/mol. The third-order valence-corrected chi connectivity index (χ3v) is 3.14. The molecular weight excluding hydrogens is 241 g/mol. The summed E-state index contributed by atoms with van der Waals surface area (Å²) in [7, 11) is 4.09. The first-order valence-electron chi connectivity index (χ1n) is 6.91. The van der Waals surface area contributed by atoms with Crippen LogP contribution in [0.5, 0.6) is 0 Å². The molecule has 0 aliphatic heterocycles. The van der Waals surface area contributed by atoms with Crippen molar-refractivity contribution < 1.29 is 4.39 Å². The summed E-state index contributed by atoms with van der Waals surface area (Å²) in [6.07, 6.45) is 1.03. The first-order chi connectivity index (χ1) is 8.97. The van der Waals surface area contributed by atoms with Crippen molar-refractivity contribution in [1.82, 2.24) is 4.90 Å². The predicted molar refractivity (Wildman–Crippen MR) is 80.1 cm³/mol. The molecule has 0 aliphatic carbocycles. The monoisotopic (exact) mass is 267 g/mol. The average Bonchev–Trinajstić information content (AvgIpc) is 2.33. The number of rotatable bonds is 7. The Hall–Kier alpha value is -1.13. The number of nitrogens with two attached hydrogens (primary N) is 1. The zero-order chi connectivity index (χ0) is 14.4. The normalized spacial score (nSPS) is 12.8. The molecule has 108 valence electrons. The van der Waals surface area contributed by atoms with E-state index >= 15 is 0 Å². The molecule has 0 radical (unpaired) electrons. The highest BCUT2D eigenvalue weighted by Crippen LogP contribution is 2.28.